The van der Waals surface area contributed by atoms with Crippen molar-refractivity contribution in [2.75, 3.05) is 7.11 Å². The molecule has 0 aliphatic carbocycles. The SMILES string of the molecule is COc1ccc(C2C(C(=O)c3ccccc3Cl)C(C)C(C(=O)NCc3ccc(F)cc3)N2C(=O)c2cccs2)cc1[N+](=O)[O-]. The Kier molecular flexibility index (Phi) is 9.07. The molecule has 1 aliphatic rings. The summed E-state index contributed by atoms with van der Waals surface area (Å²) in [5.74, 6) is -3.63. The van der Waals surface area contributed by atoms with Crippen LogP contribution in [0.25, 0.3) is 0 Å². The summed E-state index contributed by atoms with van der Waals surface area (Å²) in [5, 5.41) is 16.7. The Morgan fingerprint density at radius 3 is 2.43 bits per heavy atom. The minimum atomic E-state index is -1.15. The number of likely N-dealkylation sites (tertiary alicyclic amines) is 1. The Bertz CT molecular complexity index is 1720. The molecule has 226 valence electrons. The zero-order valence-electron chi connectivity index (χ0n) is 23.6. The molecule has 0 bridgehead atoms. The maximum Gasteiger partial charge on any atom is 0.311 e. The number of nitro benzene ring substituents is 1. The van der Waals surface area contributed by atoms with E-state index in [0.717, 1.165) is 0 Å². The first kappa shape index (κ1) is 30.8. The van der Waals surface area contributed by atoms with Crippen molar-refractivity contribution >= 4 is 46.2 Å². The van der Waals surface area contributed by atoms with Gasteiger partial charge in [0.1, 0.15) is 11.9 Å². The quantitative estimate of drug-likeness (QED) is 0.128. The van der Waals surface area contributed by atoms with E-state index < -0.39 is 52.3 Å². The molecular weight excluding hydrogens is 609 g/mol. The average Bonchev–Trinajstić information content (AvgIpc) is 3.66. The Labute approximate surface area is 261 Å². The van der Waals surface area contributed by atoms with Crippen molar-refractivity contribution in [3.63, 3.8) is 0 Å². The smallest absolute Gasteiger partial charge is 0.311 e. The van der Waals surface area contributed by atoms with E-state index in [1.807, 2.05) is 0 Å². The van der Waals surface area contributed by atoms with Crippen molar-refractivity contribution in [2.45, 2.75) is 25.6 Å². The second kappa shape index (κ2) is 12.9. The molecule has 0 saturated carbocycles. The lowest BCUT2D eigenvalue weighted by molar-refractivity contribution is -0.385. The van der Waals surface area contributed by atoms with Crippen LogP contribution in [0.5, 0.6) is 5.75 Å². The third kappa shape index (κ3) is 5.93. The maximum absolute atomic E-state index is 14.3. The number of hydrogen-bond donors (Lipinski definition) is 1. The van der Waals surface area contributed by atoms with Gasteiger partial charge in [0.25, 0.3) is 5.91 Å². The van der Waals surface area contributed by atoms with Crippen molar-refractivity contribution in [1.82, 2.24) is 10.2 Å². The van der Waals surface area contributed by atoms with Gasteiger partial charge in [0.2, 0.25) is 5.91 Å². The van der Waals surface area contributed by atoms with Crippen LogP contribution >= 0.6 is 22.9 Å². The van der Waals surface area contributed by atoms with Gasteiger partial charge < -0.3 is 15.0 Å². The van der Waals surface area contributed by atoms with Gasteiger partial charge in [0.05, 0.1) is 33.9 Å². The molecule has 2 heterocycles. The van der Waals surface area contributed by atoms with Crippen LogP contribution in [0.15, 0.2) is 84.2 Å². The number of hydrogen-bond acceptors (Lipinski definition) is 7. The van der Waals surface area contributed by atoms with Gasteiger partial charge >= 0.3 is 5.69 Å². The summed E-state index contributed by atoms with van der Waals surface area (Å²) in [6.45, 7) is 1.75. The number of nitro groups is 1. The van der Waals surface area contributed by atoms with Gasteiger partial charge in [-0.05, 0) is 58.8 Å². The number of ketones is 1. The number of amides is 2. The zero-order chi connectivity index (χ0) is 31.5. The molecule has 0 spiro atoms. The number of carbonyl (C=O) groups excluding carboxylic acids is 3. The highest BCUT2D eigenvalue weighted by molar-refractivity contribution is 7.12. The van der Waals surface area contributed by atoms with Crippen LogP contribution in [0.1, 0.15) is 44.1 Å². The molecule has 1 fully saturated rings. The second-order valence-corrected chi connectivity index (χ2v) is 11.7. The number of carbonyl (C=O) groups is 3. The fourth-order valence-corrected chi connectivity index (χ4v) is 6.64. The first-order chi connectivity index (χ1) is 21.1. The lowest BCUT2D eigenvalue weighted by Crippen LogP contribution is -2.48. The molecule has 5 rings (SSSR count). The summed E-state index contributed by atoms with van der Waals surface area (Å²) in [4.78, 5) is 55.5. The highest BCUT2D eigenvalue weighted by Crippen LogP contribution is 2.49. The predicted octanol–water partition coefficient (Wildman–Crippen LogP) is 6.47. The van der Waals surface area contributed by atoms with Crippen LogP contribution in [-0.2, 0) is 11.3 Å². The first-order valence-corrected chi connectivity index (χ1v) is 14.9. The molecule has 1 aliphatic heterocycles. The Hall–Kier alpha value is -4.61. The number of benzene rings is 3. The highest BCUT2D eigenvalue weighted by atomic mass is 35.5. The van der Waals surface area contributed by atoms with Crippen LogP contribution in [0.3, 0.4) is 0 Å². The molecule has 2 amide bonds. The molecule has 44 heavy (non-hydrogen) atoms. The number of nitrogens with zero attached hydrogens (tertiary/aromatic N) is 2. The summed E-state index contributed by atoms with van der Waals surface area (Å²) < 4.78 is 18.6. The van der Waals surface area contributed by atoms with Gasteiger partial charge in [-0.1, -0.05) is 54.9 Å². The van der Waals surface area contributed by atoms with Gasteiger partial charge in [-0.25, -0.2) is 4.39 Å². The van der Waals surface area contributed by atoms with Gasteiger partial charge in [-0.15, -0.1) is 11.3 Å². The zero-order valence-corrected chi connectivity index (χ0v) is 25.2. The Morgan fingerprint density at radius 2 is 1.80 bits per heavy atom. The molecule has 4 aromatic rings. The van der Waals surface area contributed by atoms with Crippen LogP contribution in [-0.4, -0.2) is 40.6 Å². The van der Waals surface area contributed by atoms with Crippen LogP contribution in [0.2, 0.25) is 5.02 Å². The van der Waals surface area contributed by atoms with E-state index >= 15 is 0 Å². The number of halogens is 2. The second-order valence-electron chi connectivity index (χ2n) is 10.3. The molecule has 1 aromatic heterocycles. The van der Waals surface area contributed by atoms with Crippen molar-refractivity contribution in [3.8, 4) is 5.75 Å². The largest absolute Gasteiger partial charge is 0.490 e. The van der Waals surface area contributed by atoms with E-state index in [2.05, 4.69) is 5.32 Å². The van der Waals surface area contributed by atoms with Crippen LogP contribution < -0.4 is 10.1 Å². The van der Waals surface area contributed by atoms with Gasteiger partial charge in [-0.2, -0.15) is 0 Å². The molecule has 1 saturated heterocycles. The summed E-state index contributed by atoms with van der Waals surface area (Å²) in [6, 6.07) is 17.4. The first-order valence-electron chi connectivity index (χ1n) is 13.6. The van der Waals surface area contributed by atoms with E-state index in [0.29, 0.717) is 10.4 Å². The van der Waals surface area contributed by atoms with Crippen LogP contribution in [0, 0.1) is 27.8 Å². The third-order valence-electron chi connectivity index (χ3n) is 7.80. The number of rotatable bonds is 9. The Morgan fingerprint density at radius 1 is 1.07 bits per heavy atom. The molecule has 9 nitrogen and oxygen atoms in total. The molecule has 1 N–H and O–H groups in total. The van der Waals surface area contributed by atoms with Crippen LogP contribution in [0.4, 0.5) is 10.1 Å². The van der Waals surface area contributed by atoms with Gasteiger partial charge in [0, 0.05) is 18.2 Å². The summed E-state index contributed by atoms with van der Waals surface area (Å²) in [5.41, 5.74) is 0.769. The van der Waals surface area contributed by atoms with E-state index in [4.69, 9.17) is 16.3 Å². The molecule has 3 aromatic carbocycles. The van der Waals surface area contributed by atoms with Crippen molar-refractivity contribution in [2.24, 2.45) is 11.8 Å². The van der Waals surface area contributed by atoms with Crippen molar-refractivity contribution in [1.29, 1.82) is 0 Å². The van der Waals surface area contributed by atoms with Crippen molar-refractivity contribution in [3.05, 3.63) is 127 Å². The molecule has 4 unspecified atom stereocenters. The Balaban J connectivity index is 1.65. The topological polar surface area (TPSA) is 119 Å². The number of ether oxygens (including phenoxy) is 1. The number of Topliss-reactive ketones (excluding diaryl/α,β-unsaturated/α-hetero) is 1. The molecule has 0 radical (unpaired) electrons. The van der Waals surface area contributed by atoms with Crippen molar-refractivity contribution < 1.29 is 28.4 Å². The fraction of sp³-hybridized carbons (Fsp3) is 0.219. The highest BCUT2D eigenvalue weighted by Gasteiger charge is 2.55. The fourth-order valence-electron chi connectivity index (χ4n) is 5.75. The molecule has 12 heteroatoms. The van der Waals surface area contributed by atoms with Gasteiger partial charge in [0.15, 0.2) is 11.5 Å². The summed E-state index contributed by atoms with van der Waals surface area (Å²) >= 11 is 7.61. The molecule has 4 atom stereocenters. The predicted molar refractivity (Wildman–Crippen MR) is 163 cm³/mol. The van der Waals surface area contributed by atoms with E-state index in [-0.39, 0.29) is 34.1 Å². The molecular formula is C32H27ClFN3O6S. The van der Waals surface area contributed by atoms with E-state index in [1.165, 1.54) is 59.7 Å². The minimum absolute atomic E-state index is 0.00324. The van der Waals surface area contributed by atoms with Gasteiger partial charge in [-0.3, -0.25) is 24.5 Å². The number of nitrogens with one attached hydrogen (secondary N) is 1. The monoisotopic (exact) mass is 635 g/mol. The summed E-state index contributed by atoms with van der Waals surface area (Å²) in [6.07, 6.45) is 0. The third-order valence-corrected chi connectivity index (χ3v) is 8.99. The minimum Gasteiger partial charge on any atom is -0.490 e. The maximum atomic E-state index is 14.3. The standard InChI is InChI=1S/C32H27ClFN3O6S/c1-18-27(30(38)22-6-3-4-7-23(22)33)29(20-11-14-25(43-2)24(16-20)37(41)42)36(32(40)26-8-5-15-44-26)28(18)31(39)35-17-19-9-12-21(34)13-10-19/h3-16,18,27-29H,17H2,1-2H3,(H,35,39). The number of methoxy groups -OCH3 is 1. The van der Waals surface area contributed by atoms with E-state index in [1.54, 1.807) is 54.8 Å². The number of thiophene rings is 1. The van der Waals surface area contributed by atoms with E-state index in [9.17, 15) is 28.9 Å². The summed E-state index contributed by atoms with van der Waals surface area (Å²) in [7, 11) is 1.30. The average molecular weight is 636 g/mol. The lowest BCUT2D eigenvalue weighted by atomic mass is 9.80. The normalized spacial score (nSPS) is 19.4. The lowest BCUT2D eigenvalue weighted by Gasteiger charge is -2.31.